The summed E-state index contributed by atoms with van der Waals surface area (Å²) in [6.45, 7) is 18.5. The molecule has 0 saturated carbocycles. The molecule has 0 unspecified atom stereocenters. The Balaban J connectivity index is 1.30. The molecule has 0 radical (unpaired) electrons. The standard InChI is InChI=1S/C46H42OS2/c1-27-23-25-31(29(3)41(27)33-15-13-18-36-43(33)47-38-20-10-9-17-35(38)45(36,5)6)32-26-24-28(2)42(30(32)4)34-16-14-19-37-44(34)48-39-21-11-12-22-40(39)49-46(37,7)8/h9-26H,1-8H3. The van der Waals surface area contributed by atoms with Gasteiger partial charge >= 0.3 is 0 Å². The summed E-state index contributed by atoms with van der Waals surface area (Å²) in [6, 6.07) is 40.2. The highest BCUT2D eigenvalue weighted by Crippen LogP contribution is 2.56. The molecule has 3 heteroatoms. The van der Waals surface area contributed by atoms with Crippen LogP contribution in [-0.2, 0) is 10.2 Å². The van der Waals surface area contributed by atoms with Crippen molar-refractivity contribution in [3.05, 3.63) is 148 Å². The van der Waals surface area contributed by atoms with Gasteiger partial charge in [-0.25, -0.2) is 0 Å². The summed E-state index contributed by atoms with van der Waals surface area (Å²) in [5, 5.41) is 0. The van der Waals surface area contributed by atoms with Gasteiger partial charge in [0.2, 0.25) is 0 Å². The van der Waals surface area contributed by atoms with E-state index in [1.165, 1.54) is 81.4 Å². The van der Waals surface area contributed by atoms with Gasteiger partial charge in [-0.1, -0.05) is 117 Å². The molecular formula is C46H42OS2. The van der Waals surface area contributed by atoms with Gasteiger partial charge in [-0.05, 0) is 115 Å². The molecule has 0 amide bonds. The molecule has 49 heavy (non-hydrogen) atoms. The largest absolute Gasteiger partial charge is 0.456 e. The first-order valence-corrected chi connectivity index (χ1v) is 18.8. The maximum atomic E-state index is 6.77. The SMILES string of the molecule is Cc1ccc(-c2ccc(C)c(-c3cccc4c3Sc3ccccc3SC4(C)C)c2C)c(C)c1-c1cccc2c1Oc1ccccc1C2(C)C. The van der Waals surface area contributed by atoms with Gasteiger partial charge in [0.05, 0.1) is 0 Å². The minimum absolute atomic E-state index is 0.0568. The van der Waals surface area contributed by atoms with E-state index in [-0.39, 0.29) is 10.2 Å². The first kappa shape index (κ1) is 32.0. The number of rotatable bonds is 3. The molecule has 8 rings (SSSR count). The van der Waals surface area contributed by atoms with Crippen LogP contribution in [0, 0.1) is 27.7 Å². The van der Waals surface area contributed by atoms with Crippen molar-refractivity contribution in [3.63, 3.8) is 0 Å². The van der Waals surface area contributed by atoms with Gasteiger partial charge in [0.25, 0.3) is 0 Å². The van der Waals surface area contributed by atoms with Gasteiger partial charge in [0.15, 0.2) is 0 Å². The van der Waals surface area contributed by atoms with Crippen LogP contribution in [0.25, 0.3) is 33.4 Å². The molecule has 0 saturated heterocycles. The minimum Gasteiger partial charge on any atom is -0.456 e. The molecule has 6 aromatic rings. The Kier molecular flexibility index (Phi) is 7.66. The normalized spacial score (nSPS) is 15.3. The molecule has 0 bridgehead atoms. The zero-order valence-corrected chi connectivity index (χ0v) is 31.3. The van der Waals surface area contributed by atoms with E-state index in [9.17, 15) is 0 Å². The molecule has 244 valence electrons. The third-order valence-electron chi connectivity index (χ3n) is 10.7. The molecule has 0 aromatic heterocycles. The van der Waals surface area contributed by atoms with Crippen molar-refractivity contribution < 1.29 is 4.74 Å². The summed E-state index contributed by atoms with van der Waals surface area (Å²) < 4.78 is 6.71. The van der Waals surface area contributed by atoms with E-state index in [1.807, 2.05) is 23.5 Å². The van der Waals surface area contributed by atoms with Crippen LogP contribution in [0.15, 0.2) is 124 Å². The number of hydrogen-bond acceptors (Lipinski definition) is 3. The summed E-state index contributed by atoms with van der Waals surface area (Å²) >= 11 is 3.89. The summed E-state index contributed by atoms with van der Waals surface area (Å²) in [4.78, 5) is 4.05. The van der Waals surface area contributed by atoms with Crippen LogP contribution >= 0.6 is 23.5 Å². The molecule has 0 spiro atoms. The van der Waals surface area contributed by atoms with Crippen LogP contribution in [0.1, 0.15) is 66.6 Å². The summed E-state index contributed by atoms with van der Waals surface area (Å²) in [5.74, 6) is 1.92. The number of aryl methyl sites for hydroxylation is 2. The van der Waals surface area contributed by atoms with E-state index < -0.39 is 0 Å². The van der Waals surface area contributed by atoms with E-state index in [2.05, 4.69) is 165 Å². The van der Waals surface area contributed by atoms with Crippen molar-refractivity contribution >= 4 is 23.5 Å². The third-order valence-corrected chi connectivity index (χ3v) is 13.4. The first-order valence-electron chi connectivity index (χ1n) is 17.2. The van der Waals surface area contributed by atoms with Gasteiger partial charge in [-0.15, -0.1) is 11.8 Å². The number of fused-ring (bicyclic) bond motifs is 4. The number of thioether (sulfide) groups is 1. The van der Waals surface area contributed by atoms with Crippen LogP contribution in [0.3, 0.4) is 0 Å². The van der Waals surface area contributed by atoms with Crippen LogP contribution in [0.4, 0.5) is 0 Å². The highest BCUT2D eigenvalue weighted by Gasteiger charge is 2.36. The lowest BCUT2D eigenvalue weighted by atomic mass is 9.74. The van der Waals surface area contributed by atoms with Gasteiger partial charge in [-0.2, -0.15) is 0 Å². The topological polar surface area (TPSA) is 9.23 Å². The Morgan fingerprint density at radius 1 is 0.490 bits per heavy atom. The van der Waals surface area contributed by atoms with E-state index in [4.69, 9.17) is 4.74 Å². The van der Waals surface area contributed by atoms with Gasteiger partial charge in [-0.3, -0.25) is 0 Å². The molecule has 0 aliphatic carbocycles. The fourth-order valence-corrected chi connectivity index (χ4v) is 10.9. The Labute approximate surface area is 300 Å². The Morgan fingerprint density at radius 2 is 1.04 bits per heavy atom. The monoisotopic (exact) mass is 674 g/mol. The van der Waals surface area contributed by atoms with E-state index in [0.29, 0.717) is 0 Å². The molecular weight excluding hydrogens is 633 g/mol. The zero-order chi connectivity index (χ0) is 34.2. The Morgan fingerprint density at radius 3 is 1.73 bits per heavy atom. The van der Waals surface area contributed by atoms with Crippen molar-refractivity contribution in [1.29, 1.82) is 0 Å². The lowest BCUT2D eigenvalue weighted by Crippen LogP contribution is -2.24. The zero-order valence-electron chi connectivity index (χ0n) is 29.6. The second-order valence-corrected chi connectivity index (χ2v) is 17.3. The molecule has 6 aromatic carbocycles. The number of hydrogen-bond donors (Lipinski definition) is 0. The summed E-state index contributed by atoms with van der Waals surface area (Å²) in [7, 11) is 0. The predicted octanol–water partition coefficient (Wildman–Crippen LogP) is 13.8. The molecule has 0 atom stereocenters. The first-order chi connectivity index (χ1) is 23.5. The summed E-state index contributed by atoms with van der Waals surface area (Å²) in [6.07, 6.45) is 0. The second kappa shape index (κ2) is 11.7. The van der Waals surface area contributed by atoms with Crippen molar-refractivity contribution in [2.75, 3.05) is 0 Å². The van der Waals surface area contributed by atoms with Crippen molar-refractivity contribution in [2.45, 2.75) is 80.2 Å². The van der Waals surface area contributed by atoms with Gasteiger partial charge < -0.3 is 4.74 Å². The van der Waals surface area contributed by atoms with Crippen LogP contribution in [0.2, 0.25) is 0 Å². The average molecular weight is 675 g/mol. The summed E-state index contributed by atoms with van der Waals surface area (Å²) in [5.41, 5.74) is 16.4. The lowest BCUT2D eigenvalue weighted by Gasteiger charge is -2.35. The maximum Gasteiger partial charge on any atom is 0.139 e. The smallest absolute Gasteiger partial charge is 0.139 e. The lowest BCUT2D eigenvalue weighted by molar-refractivity contribution is 0.419. The van der Waals surface area contributed by atoms with Crippen molar-refractivity contribution in [1.82, 2.24) is 0 Å². The second-order valence-electron chi connectivity index (χ2n) is 14.6. The molecule has 2 aliphatic rings. The van der Waals surface area contributed by atoms with E-state index >= 15 is 0 Å². The van der Waals surface area contributed by atoms with E-state index in [0.717, 1.165) is 17.1 Å². The van der Waals surface area contributed by atoms with E-state index in [1.54, 1.807) is 0 Å². The molecule has 2 aliphatic heterocycles. The molecule has 1 nitrogen and oxygen atoms in total. The van der Waals surface area contributed by atoms with Gasteiger partial charge in [0.1, 0.15) is 11.5 Å². The predicted molar refractivity (Wildman–Crippen MR) is 210 cm³/mol. The minimum atomic E-state index is -0.165. The average Bonchev–Trinajstić information content (AvgIpc) is 3.19. The fourth-order valence-electron chi connectivity index (χ4n) is 8.15. The number of ether oxygens (including phenoxy) is 1. The Hall–Kier alpha value is -4.18. The number of para-hydroxylation sites is 2. The third kappa shape index (κ3) is 5.08. The van der Waals surface area contributed by atoms with Crippen molar-refractivity contribution in [2.24, 2.45) is 0 Å². The Bertz CT molecular complexity index is 2310. The quantitative estimate of drug-likeness (QED) is 0.185. The number of benzene rings is 6. The molecule has 0 fully saturated rings. The van der Waals surface area contributed by atoms with Gasteiger partial charge in [0, 0.05) is 41.5 Å². The fraction of sp³-hybridized carbons (Fsp3) is 0.217. The highest BCUT2D eigenvalue weighted by molar-refractivity contribution is 8.03. The van der Waals surface area contributed by atoms with Crippen LogP contribution < -0.4 is 4.74 Å². The molecule has 2 heterocycles. The van der Waals surface area contributed by atoms with Crippen LogP contribution in [0.5, 0.6) is 11.5 Å². The molecule has 0 N–H and O–H groups in total. The van der Waals surface area contributed by atoms with Crippen molar-refractivity contribution in [3.8, 4) is 44.9 Å². The maximum absolute atomic E-state index is 6.77. The highest BCUT2D eigenvalue weighted by atomic mass is 32.2. The van der Waals surface area contributed by atoms with Crippen LogP contribution in [-0.4, -0.2) is 0 Å².